The van der Waals surface area contributed by atoms with Crippen LogP contribution in [0.5, 0.6) is 0 Å². The average Bonchev–Trinajstić information content (AvgIpc) is 3.49. The molecule has 0 bridgehead atoms. The van der Waals surface area contributed by atoms with Gasteiger partial charge in [0, 0.05) is 30.9 Å². The summed E-state index contributed by atoms with van der Waals surface area (Å²) in [7, 11) is 0. The maximum atomic E-state index is 12.3. The van der Waals surface area contributed by atoms with Crippen molar-refractivity contribution in [2.24, 2.45) is 0 Å². The Morgan fingerprint density at radius 3 is 2.56 bits per heavy atom. The molecule has 1 aliphatic rings. The quantitative estimate of drug-likeness (QED) is 0.503. The Morgan fingerprint density at radius 2 is 1.88 bits per heavy atom. The van der Waals surface area contributed by atoms with E-state index in [9.17, 15) is 19.5 Å². The predicted octanol–water partition coefficient (Wildman–Crippen LogP) is 3.33. The predicted molar refractivity (Wildman–Crippen MR) is 124 cm³/mol. The van der Waals surface area contributed by atoms with E-state index in [0.29, 0.717) is 29.9 Å². The number of aliphatic hydroxyl groups is 1. The molecule has 3 N–H and O–H groups in total. The average molecular weight is 450 g/mol. The Balaban J connectivity index is 1.30. The van der Waals surface area contributed by atoms with Crippen LogP contribution < -0.4 is 15.5 Å². The number of nitrogens with one attached hydrogen (secondary N) is 2. The maximum Gasteiger partial charge on any atom is 0.313 e. The molecular weight excluding hydrogens is 426 g/mol. The lowest BCUT2D eigenvalue weighted by Gasteiger charge is -2.17. The van der Waals surface area contributed by atoms with Crippen LogP contribution in [0.3, 0.4) is 0 Å². The summed E-state index contributed by atoms with van der Waals surface area (Å²) in [6, 6.07) is 16.3. The molecule has 3 amide bonds. The lowest BCUT2D eigenvalue weighted by atomic mass is 10.0. The number of thiophene rings is 1. The second-order valence-electron chi connectivity index (χ2n) is 7.51. The molecule has 164 valence electrons. The van der Waals surface area contributed by atoms with E-state index in [1.165, 1.54) is 0 Å². The van der Waals surface area contributed by atoms with E-state index in [0.717, 1.165) is 17.5 Å². The van der Waals surface area contributed by atoms with Crippen LogP contribution in [-0.4, -0.2) is 35.9 Å². The molecule has 32 heavy (non-hydrogen) atoms. The maximum absolute atomic E-state index is 12.3. The molecule has 1 saturated heterocycles. The van der Waals surface area contributed by atoms with E-state index in [1.807, 2.05) is 29.0 Å². The number of anilines is 2. The van der Waals surface area contributed by atoms with E-state index >= 15 is 0 Å². The Morgan fingerprint density at radius 1 is 1.06 bits per heavy atom. The number of hydrogen-bond acceptors (Lipinski definition) is 5. The number of nitrogens with zero attached hydrogens (tertiary/aromatic N) is 1. The molecule has 2 aromatic carbocycles. The monoisotopic (exact) mass is 449 g/mol. The normalized spacial score (nSPS) is 14.3. The SMILES string of the molecule is O=C(NC[C@@H](O)c1ccc(-c2ccsc2)cc1)C(=O)Nc1cccc(N2CCCC2=O)c1. The fourth-order valence-corrected chi connectivity index (χ4v) is 4.24. The van der Waals surface area contributed by atoms with Crippen molar-refractivity contribution in [3.05, 3.63) is 70.9 Å². The molecule has 8 heteroatoms. The lowest BCUT2D eigenvalue weighted by Crippen LogP contribution is -2.37. The molecule has 0 saturated carbocycles. The summed E-state index contributed by atoms with van der Waals surface area (Å²) in [4.78, 5) is 38.0. The van der Waals surface area contributed by atoms with Crippen molar-refractivity contribution >= 4 is 40.4 Å². The molecule has 1 atom stereocenters. The molecule has 0 radical (unpaired) electrons. The van der Waals surface area contributed by atoms with Gasteiger partial charge in [-0.3, -0.25) is 14.4 Å². The topological polar surface area (TPSA) is 98.7 Å². The van der Waals surface area contributed by atoms with Crippen molar-refractivity contribution in [2.75, 3.05) is 23.3 Å². The van der Waals surface area contributed by atoms with Gasteiger partial charge in [-0.2, -0.15) is 11.3 Å². The summed E-state index contributed by atoms with van der Waals surface area (Å²) in [5, 5.41) is 19.4. The zero-order chi connectivity index (χ0) is 22.5. The fraction of sp³-hybridized carbons (Fsp3) is 0.208. The number of carbonyl (C=O) groups excluding carboxylic acids is 3. The Labute approximate surface area is 189 Å². The highest BCUT2D eigenvalue weighted by molar-refractivity contribution is 7.08. The summed E-state index contributed by atoms with van der Waals surface area (Å²) >= 11 is 1.61. The van der Waals surface area contributed by atoms with Crippen molar-refractivity contribution in [2.45, 2.75) is 18.9 Å². The summed E-state index contributed by atoms with van der Waals surface area (Å²) in [5.74, 6) is -1.64. The number of benzene rings is 2. The largest absolute Gasteiger partial charge is 0.387 e. The van der Waals surface area contributed by atoms with Crippen LogP contribution >= 0.6 is 11.3 Å². The van der Waals surface area contributed by atoms with Gasteiger partial charge < -0.3 is 20.6 Å². The first kappa shape index (κ1) is 21.7. The molecular formula is C24H23N3O4S. The Hall–Kier alpha value is -3.49. The highest BCUT2D eigenvalue weighted by Crippen LogP contribution is 2.25. The van der Waals surface area contributed by atoms with Gasteiger partial charge in [-0.05, 0) is 58.1 Å². The lowest BCUT2D eigenvalue weighted by molar-refractivity contribution is -0.136. The van der Waals surface area contributed by atoms with Crippen molar-refractivity contribution in [3.8, 4) is 11.1 Å². The molecule has 0 aliphatic carbocycles. The Bertz CT molecular complexity index is 1110. The third kappa shape index (κ3) is 5.04. The van der Waals surface area contributed by atoms with E-state index in [-0.39, 0.29) is 12.5 Å². The van der Waals surface area contributed by atoms with Gasteiger partial charge in [-0.25, -0.2) is 0 Å². The van der Waals surface area contributed by atoms with Gasteiger partial charge in [0.1, 0.15) is 0 Å². The number of aliphatic hydroxyl groups excluding tert-OH is 1. The third-order valence-electron chi connectivity index (χ3n) is 5.30. The summed E-state index contributed by atoms with van der Waals surface area (Å²) in [6.07, 6.45) is 0.377. The van der Waals surface area contributed by atoms with Crippen LogP contribution in [0, 0.1) is 0 Å². The fourth-order valence-electron chi connectivity index (χ4n) is 3.57. The van der Waals surface area contributed by atoms with Crippen molar-refractivity contribution < 1.29 is 19.5 Å². The number of rotatable bonds is 6. The summed E-state index contributed by atoms with van der Waals surface area (Å²) in [6.45, 7) is 0.551. The zero-order valence-electron chi connectivity index (χ0n) is 17.3. The van der Waals surface area contributed by atoms with Crippen molar-refractivity contribution in [1.29, 1.82) is 0 Å². The molecule has 2 heterocycles. The van der Waals surface area contributed by atoms with E-state index in [2.05, 4.69) is 10.6 Å². The molecule has 1 aliphatic heterocycles. The molecule has 0 unspecified atom stereocenters. The van der Waals surface area contributed by atoms with Crippen molar-refractivity contribution in [1.82, 2.24) is 5.32 Å². The van der Waals surface area contributed by atoms with Gasteiger partial charge in [-0.15, -0.1) is 0 Å². The number of amides is 3. The zero-order valence-corrected chi connectivity index (χ0v) is 18.1. The van der Waals surface area contributed by atoms with Gasteiger partial charge in [0.2, 0.25) is 5.91 Å². The van der Waals surface area contributed by atoms with Crippen LogP contribution in [0.4, 0.5) is 11.4 Å². The first-order chi connectivity index (χ1) is 15.5. The van der Waals surface area contributed by atoms with Gasteiger partial charge in [-0.1, -0.05) is 30.3 Å². The standard InChI is InChI=1S/C24H23N3O4S/c28-21(17-8-6-16(7-9-17)18-10-12-32-15-18)14-25-23(30)24(31)26-19-3-1-4-20(13-19)27-11-2-5-22(27)29/h1,3-4,6-10,12-13,15,21,28H,2,5,11,14H2,(H,25,30)(H,26,31)/t21-/m1/s1. The Kier molecular flexibility index (Phi) is 6.63. The van der Waals surface area contributed by atoms with Gasteiger partial charge in [0.15, 0.2) is 0 Å². The number of carbonyl (C=O) groups is 3. The smallest absolute Gasteiger partial charge is 0.313 e. The molecule has 1 aromatic heterocycles. The molecule has 7 nitrogen and oxygen atoms in total. The highest BCUT2D eigenvalue weighted by Gasteiger charge is 2.22. The van der Waals surface area contributed by atoms with Crippen LogP contribution in [0.1, 0.15) is 24.5 Å². The molecule has 1 fully saturated rings. The van der Waals surface area contributed by atoms with E-state index in [1.54, 1.807) is 52.6 Å². The van der Waals surface area contributed by atoms with E-state index in [4.69, 9.17) is 0 Å². The van der Waals surface area contributed by atoms with Gasteiger partial charge in [0.05, 0.1) is 6.10 Å². The molecule has 4 rings (SSSR count). The van der Waals surface area contributed by atoms with Crippen LogP contribution in [0.25, 0.3) is 11.1 Å². The van der Waals surface area contributed by atoms with Crippen LogP contribution in [0.15, 0.2) is 65.4 Å². The minimum atomic E-state index is -0.937. The van der Waals surface area contributed by atoms with E-state index < -0.39 is 17.9 Å². The highest BCUT2D eigenvalue weighted by atomic mass is 32.1. The first-order valence-corrected chi connectivity index (χ1v) is 11.3. The molecule has 0 spiro atoms. The third-order valence-corrected chi connectivity index (χ3v) is 5.98. The van der Waals surface area contributed by atoms with Crippen LogP contribution in [-0.2, 0) is 14.4 Å². The van der Waals surface area contributed by atoms with Crippen molar-refractivity contribution in [3.63, 3.8) is 0 Å². The summed E-state index contributed by atoms with van der Waals surface area (Å²) < 4.78 is 0. The second-order valence-corrected chi connectivity index (χ2v) is 8.29. The van der Waals surface area contributed by atoms with Gasteiger partial charge >= 0.3 is 11.8 Å². The number of hydrogen-bond donors (Lipinski definition) is 3. The summed E-state index contributed by atoms with van der Waals surface area (Å²) in [5.41, 5.74) is 3.91. The first-order valence-electron chi connectivity index (χ1n) is 10.3. The van der Waals surface area contributed by atoms with Crippen LogP contribution in [0.2, 0.25) is 0 Å². The second kappa shape index (κ2) is 9.76. The van der Waals surface area contributed by atoms with Gasteiger partial charge in [0.25, 0.3) is 0 Å². The molecule has 3 aromatic rings. The minimum Gasteiger partial charge on any atom is -0.387 e. The minimum absolute atomic E-state index is 0.0450.